The van der Waals surface area contributed by atoms with E-state index in [0.717, 1.165) is 13.1 Å². The zero-order valence-corrected chi connectivity index (χ0v) is 10.8. The summed E-state index contributed by atoms with van der Waals surface area (Å²) in [5, 5.41) is 9.21. The van der Waals surface area contributed by atoms with Crippen molar-refractivity contribution >= 4 is 5.78 Å². The molecule has 3 heteroatoms. The van der Waals surface area contributed by atoms with Gasteiger partial charge in [0.1, 0.15) is 5.75 Å². The molecule has 0 amide bonds. The van der Waals surface area contributed by atoms with Gasteiger partial charge in [-0.1, -0.05) is 19.3 Å². The molecule has 2 rings (SSSR count). The number of phenols is 1. The van der Waals surface area contributed by atoms with Crippen molar-refractivity contribution in [3.8, 4) is 5.75 Å². The van der Waals surface area contributed by atoms with Gasteiger partial charge < -0.3 is 5.11 Å². The fourth-order valence-corrected chi connectivity index (χ4v) is 2.41. The highest BCUT2D eigenvalue weighted by atomic mass is 16.3. The minimum Gasteiger partial charge on any atom is -0.508 e. The van der Waals surface area contributed by atoms with E-state index in [1.165, 1.54) is 32.1 Å². The van der Waals surface area contributed by atoms with Crippen LogP contribution in [0.4, 0.5) is 0 Å². The third kappa shape index (κ3) is 3.84. The molecule has 0 aliphatic carbocycles. The molecule has 1 aromatic rings. The number of benzene rings is 1. The number of hydrogen-bond donors (Lipinski definition) is 1. The first-order chi connectivity index (χ1) is 8.75. The first-order valence-corrected chi connectivity index (χ1v) is 6.80. The van der Waals surface area contributed by atoms with Gasteiger partial charge in [-0.05, 0) is 50.2 Å². The lowest BCUT2D eigenvalue weighted by atomic mass is 10.1. The predicted octanol–water partition coefficient (Wildman–Crippen LogP) is 2.84. The first-order valence-electron chi connectivity index (χ1n) is 6.80. The normalized spacial score (nSPS) is 18.0. The van der Waals surface area contributed by atoms with Crippen LogP contribution in [-0.4, -0.2) is 35.4 Å². The highest BCUT2D eigenvalue weighted by Gasteiger charge is 2.13. The van der Waals surface area contributed by atoms with Crippen LogP contribution in [0.25, 0.3) is 0 Å². The summed E-state index contributed by atoms with van der Waals surface area (Å²) in [5.41, 5.74) is 0.690. The summed E-state index contributed by atoms with van der Waals surface area (Å²) in [6.07, 6.45) is 6.29. The summed E-state index contributed by atoms with van der Waals surface area (Å²) in [6, 6.07) is 6.53. The number of rotatable bonds is 3. The Bertz CT molecular complexity index is 378. The number of hydrogen-bond acceptors (Lipinski definition) is 3. The molecule has 0 radical (unpaired) electrons. The average molecular weight is 247 g/mol. The lowest BCUT2D eigenvalue weighted by molar-refractivity contribution is 0.0924. The quantitative estimate of drug-likeness (QED) is 0.835. The Labute approximate surface area is 108 Å². The first kappa shape index (κ1) is 13.1. The molecule has 0 atom stereocenters. The molecule has 18 heavy (non-hydrogen) atoms. The minimum absolute atomic E-state index is 0.149. The van der Waals surface area contributed by atoms with E-state index in [1.54, 1.807) is 24.3 Å². The van der Waals surface area contributed by atoms with Gasteiger partial charge in [-0.3, -0.25) is 9.69 Å². The van der Waals surface area contributed by atoms with Crippen LogP contribution >= 0.6 is 0 Å². The lowest BCUT2D eigenvalue weighted by Gasteiger charge is -2.23. The third-order valence-electron chi connectivity index (χ3n) is 3.51. The van der Waals surface area contributed by atoms with Crippen LogP contribution in [0.3, 0.4) is 0 Å². The van der Waals surface area contributed by atoms with Gasteiger partial charge >= 0.3 is 0 Å². The van der Waals surface area contributed by atoms with Crippen molar-refractivity contribution in [1.82, 2.24) is 4.90 Å². The third-order valence-corrected chi connectivity index (χ3v) is 3.51. The summed E-state index contributed by atoms with van der Waals surface area (Å²) in [5.74, 6) is 0.355. The van der Waals surface area contributed by atoms with E-state index in [2.05, 4.69) is 4.90 Å². The maximum atomic E-state index is 12.1. The van der Waals surface area contributed by atoms with E-state index in [1.807, 2.05) is 0 Å². The highest BCUT2D eigenvalue weighted by molar-refractivity contribution is 5.97. The van der Waals surface area contributed by atoms with Gasteiger partial charge in [-0.15, -0.1) is 0 Å². The summed E-state index contributed by atoms with van der Waals surface area (Å²) in [4.78, 5) is 14.4. The zero-order chi connectivity index (χ0) is 12.8. The molecule has 98 valence electrons. The SMILES string of the molecule is O=C(CN1CCCCCCC1)c1ccc(O)cc1. The van der Waals surface area contributed by atoms with Gasteiger partial charge in [-0.25, -0.2) is 0 Å². The van der Waals surface area contributed by atoms with Crippen LogP contribution in [0.5, 0.6) is 5.75 Å². The molecular weight excluding hydrogens is 226 g/mol. The molecule has 0 unspecified atom stereocenters. The molecule has 1 fully saturated rings. The number of aromatic hydroxyl groups is 1. The smallest absolute Gasteiger partial charge is 0.176 e. The van der Waals surface area contributed by atoms with E-state index in [4.69, 9.17) is 0 Å². The topological polar surface area (TPSA) is 40.5 Å². The fraction of sp³-hybridized carbons (Fsp3) is 0.533. The summed E-state index contributed by atoms with van der Waals surface area (Å²) >= 11 is 0. The van der Waals surface area contributed by atoms with Gasteiger partial charge in [0.05, 0.1) is 6.54 Å². The van der Waals surface area contributed by atoms with Crippen LogP contribution in [-0.2, 0) is 0 Å². The van der Waals surface area contributed by atoms with Gasteiger partial charge in [0.2, 0.25) is 0 Å². The van der Waals surface area contributed by atoms with Crippen LogP contribution in [0, 0.1) is 0 Å². The number of Topliss-reactive ketones (excluding diaryl/α,β-unsaturated/α-hetero) is 1. The molecule has 1 heterocycles. The van der Waals surface area contributed by atoms with E-state index >= 15 is 0 Å². The van der Waals surface area contributed by atoms with Gasteiger partial charge in [0, 0.05) is 5.56 Å². The molecule has 1 saturated heterocycles. The zero-order valence-electron chi connectivity index (χ0n) is 10.8. The molecule has 1 N–H and O–H groups in total. The van der Waals surface area contributed by atoms with Crippen molar-refractivity contribution in [3.63, 3.8) is 0 Å². The van der Waals surface area contributed by atoms with E-state index < -0.39 is 0 Å². The van der Waals surface area contributed by atoms with Crippen molar-refractivity contribution in [2.24, 2.45) is 0 Å². The minimum atomic E-state index is 0.149. The monoisotopic (exact) mass is 247 g/mol. The number of carbonyl (C=O) groups excluding carboxylic acids is 1. The van der Waals surface area contributed by atoms with Crippen LogP contribution in [0.15, 0.2) is 24.3 Å². The molecule has 0 saturated carbocycles. The number of ketones is 1. The second kappa shape index (κ2) is 6.55. The number of nitrogens with zero attached hydrogens (tertiary/aromatic N) is 1. The molecule has 1 aliphatic heterocycles. The van der Waals surface area contributed by atoms with E-state index in [0.29, 0.717) is 12.1 Å². The van der Waals surface area contributed by atoms with Crippen LogP contribution < -0.4 is 0 Å². The van der Waals surface area contributed by atoms with Crippen molar-refractivity contribution in [1.29, 1.82) is 0 Å². The van der Waals surface area contributed by atoms with E-state index in [9.17, 15) is 9.90 Å². The number of carbonyl (C=O) groups is 1. The van der Waals surface area contributed by atoms with Gasteiger partial charge in [0.15, 0.2) is 5.78 Å². The standard InChI is InChI=1S/C15H21NO2/c17-14-8-6-13(7-9-14)15(18)12-16-10-4-2-1-3-5-11-16/h6-9,17H,1-5,10-12H2. The molecule has 0 aromatic heterocycles. The molecule has 1 aliphatic rings. The number of likely N-dealkylation sites (tertiary alicyclic amines) is 1. The summed E-state index contributed by atoms with van der Waals surface area (Å²) in [6.45, 7) is 2.57. The van der Waals surface area contributed by atoms with Gasteiger partial charge in [0.25, 0.3) is 0 Å². The second-order valence-electron chi connectivity index (χ2n) is 5.01. The maximum absolute atomic E-state index is 12.1. The molecule has 0 spiro atoms. The Kier molecular flexibility index (Phi) is 4.76. The Morgan fingerprint density at radius 2 is 1.56 bits per heavy atom. The Hall–Kier alpha value is -1.35. The summed E-state index contributed by atoms with van der Waals surface area (Å²) in [7, 11) is 0. The fourth-order valence-electron chi connectivity index (χ4n) is 2.41. The van der Waals surface area contributed by atoms with Gasteiger partial charge in [-0.2, -0.15) is 0 Å². The highest BCUT2D eigenvalue weighted by Crippen LogP contribution is 2.13. The molecule has 0 bridgehead atoms. The lowest BCUT2D eigenvalue weighted by Crippen LogP contribution is -2.32. The van der Waals surface area contributed by atoms with Crippen molar-refractivity contribution in [2.75, 3.05) is 19.6 Å². The molecular formula is C15H21NO2. The van der Waals surface area contributed by atoms with E-state index in [-0.39, 0.29) is 11.5 Å². The van der Waals surface area contributed by atoms with Crippen LogP contribution in [0.1, 0.15) is 42.5 Å². The maximum Gasteiger partial charge on any atom is 0.176 e. The largest absolute Gasteiger partial charge is 0.508 e. The van der Waals surface area contributed by atoms with Crippen molar-refractivity contribution < 1.29 is 9.90 Å². The van der Waals surface area contributed by atoms with Crippen molar-refractivity contribution in [2.45, 2.75) is 32.1 Å². The Balaban J connectivity index is 1.91. The average Bonchev–Trinajstić information content (AvgIpc) is 2.33. The Morgan fingerprint density at radius 3 is 2.17 bits per heavy atom. The predicted molar refractivity (Wildman–Crippen MR) is 72.0 cm³/mol. The number of phenolic OH excluding ortho intramolecular Hbond substituents is 1. The molecule has 3 nitrogen and oxygen atoms in total. The summed E-state index contributed by atoms with van der Waals surface area (Å²) < 4.78 is 0. The van der Waals surface area contributed by atoms with Crippen LogP contribution in [0.2, 0.25) is 0 Å². The van der Waals surface area contributed by atoms with Crippen molar-refractivity contribution in [3.05, 3.63) is 29.8 Å². The molecule has 1 aromatic carbocycles. The Morgan fingerprint density at radius 1 is 1.00 bits per heavy atom. The second-order valence-corrected chi connectivity index (χ2v) is 5.01.